The third kappa shape index (κ3) is 4.48. The molecule has 9 nitrogen and oxygen atoms in total. The van der Waals surface area contributed by atoms with Crippen molar-refractivity contribution in [3.63, 3.8) is 0 Å². The zero-order valence-corrected chi connectivity index (χ0v) is 19.9. The number of rotatable bonds is 6. The van der Waals surface area contributed by atoms with E-state index in [4.69, 9.17) is 4.42 Å². The second-order valence-corrected chi connectivity index (χ2v) is 10.5. The largest absolute Gasteiger partial charge is 0.421 e. The van der Waals surface area contributed by atoms with Gasteiger partial charge < -0.3 is 14.2 Å². The SMILES string of the molecule is CC(=O)N1CCc2cc(S(=O)(=O)N3CCN(CCc4nnc(-c5ccccc5)o4)CC3)ccc21. The van der Waals surface area contributed by atoms with Gasteiger partial charge in [-0.2, -0.15) is 4.31 Å². The van der Waals surface area contributed by atoms with Crippen LogP contribution in [0.15, 0.2) is 57.8 Å². The van der Waals surface area contributed by atoms with Crippen LogP contribution < -0.4 is 4.90 Å². The number of anilines is 1. The number of aromatic nitrogens is 2. The Kier molecular flexibility index (Phi) is 6.20. The lowest BCUT2D eigenvalue weighted by Gasteiger charge is -2.33. The average molecular weight is 482 g/mol. The van der Waals surface area contributed by atoms with E-state index in [0.717, 1.165) is 23.4 Å². The molecule has 0 atom stereocenters. The smallest absolute Gasteiger partial charge is 0.247 e. The number of benzene rings is 2. The molecule has 3 aromatic rings. The Labute approximate surface area is 199 Å². The first-order chi connectivity index (χ1) is 16.4. The molecule has 1 saturated heterocycles. The van der Waals surface area contributed by atoms with Gasteiger partial charge in [0.15, 0.2) is 0 Å². The zero-order valence-electron chi connectivity index (χ0n) is 19.1. The van der Waals surface area contributed by atoms with E-state index in [1.54, 1.807) is 27.4 Å². The minimum Gasteiger partial charge on any atom is -0.421 e. The van der Waals surface area contributed by atoms with Gasteiger partial charge in [0.1, 0.15) is 0 Å². The summed E-state index contributed by atoms with van der Waals surface area (Å²) in [6.07, 6.45) is 1.29. The molecule has 2 aromatic carbocycles. The molecule has 0 N–H and O–H groups in total. The van der Waals surface area contributed by atoms with Crippen LogP contribution >= 0.6 is 0 Å². The van der Waals surface area contributed by atoms with E-state index >= 15 is 0 Å². The minimum atomic E-state index is -3.58. The average Bonchev–Trinajstić information content (AvgIpc) is 3.50. The number of sulfonamides is 1. The first kappa shape index (κ1) is 22.7. The summed E-state index contributed by atoms with van der Waals surface area (Å²) >= 11 is 0. The normalized spacial score (nSPS) is 17.1. The highest BCUT2D eigenvalue weighted by atomic mass is 32.2. The molecule has 1 amide bonds. The van der Waals surface area contributed by atoms with Crippen molar-refractivity contribution in [2.45, 2.75) is 24.7 Å². The Morgan fingerprint density at radius 3 is 2.50 bits per heavy atom. The summed E-state index contributed by atoms with van der Waals surface area (Å²) in [6, 6.07) is 14.7. The standard InChI is InChI=1S/C24H27N5O4S/c1-18(30)29-12-9-20-17-21(7-8-22(20)29)34(31,32)28-15-13-27(14-16-28)11-10-23-25-26-24(33-23)19-5-3-2-4-6-19/h2-8,17H,9-16H2,1H3. The van der Waals surface area contributed by atoms with E-state index in [0.29, 0.717) is 62.2 Å². The van der Waals surface area contributed by atoms with Crippen LogP contribution in [0.25, 0.3) is 11.5 Å². The second-order valence-electron chi connectivity index (χ2n) is 8.57. The molecule has 1 aromatic heterocycles. The molecule has 0 aliphatic carbocycles. The fraction of sp³-hybridized carbons (Fsp3) is 0.375. The van der Waals surface area contributed by atoms with Crippen molar-refractivity contribution in [1.29, 1.82) is 0 Å². The minimum absolute atomic E-state index is 0.0256. The van der Waals surface area contributed by atoms with Gasteiger partial charge in [0.05, 0.1) is 4.90 Å². The maximum Gasteiger partial charge on any atom is 0.247 e. The lowest BCUT2D eigenvalue weighted by atomic mass is 10.2. The first-order valence-electron chi connectivity index (χ1n) is 11.4. The van der Waals surface area contributed by atoms with Gasteiger partial charge in [0, 0.05) is 63.9 Å². The van der Waals surface area contributed by atoms with Crippen LogP contribution in [0.5, 0.6) is 0 Å². The van der Waals surface area contributed by atoms with E-state index in [1.165, 1.54) is 6.92 Å². The van der Waals surface area contributed by atoms with E-state index < -0.39 is 10.0 Å². The van der Waals surface area contributed by atoms with Crippen molar-refractivity contribution in [3.05, 3.63) is 60.0 Å². The van der Waals surface area contributed by atoms with Gasteiger partial charge in [-0.25, -0.2) is 8.42 Å². The van der Waals surface area contributed by atoms with Crippen molar-refractivity contribution in [2.75, 3.05) is 44.2 Å². The maximum absolute atomic E-state index is 13.2. The number of carbonyl (C=O) groups excluding carboxylic acids is 1. The van der Waals surface area contributed by atoms with E-state index in [2.05, 4.69) is 15.1 Å². The van der Waals surface area contributed by atoms with Crippen molar-refractivity contribution in [1.82, 2.24) is 19.4 Å². The van der Waals surface area contributed by atoms with Gasteiger partial charge in [-0.15, -0.1) is 10.2 Å². The van der Waals surface area contributed by atoms with E-state index in [-0.39, 0.29) is 5.91 Å². The summed E-state index contributed by atoms with van der Waals surface area (Å²) < 4.78 is 33.8. The molecule has 10 heteroatoms. The van der Waals surface area contributed by atoms with Gasteiger partial charge in [-0.1, -0.05) is 18.2 Å². The predicted molar refractivity (Wildman–Crippen MR) is 127 cm³/mol. The fourth-order valence-electron chi connectivity index (χ4n) is 4.51. The van der Waals surface area contributed by atoms with Crippen molar-refractivity contribution in [2.24, 2.45) is 0 Å². The molecule has 0 radical (unpaired) electrons. The van der Waals surface area contributed by atoms with Crippen molar-refractivity contribution >= 4 is 21.6 Å². The zero-order chi connectivity index (χ0) is 23.7. The first-order valence-corrected chi connectivity index (χ1v) is 12.9. The van der Waals surface area contributed by atoms with Crippen LogP contribution in [0.1, 0.15) is 18.4 Å². The number of fused-ring (bicyclic) bond motifs is 1. The van der Waals surface area contributed by atoms with Gasteiger partial charge >= 0.3 is 0 Å². The highest BCUT2D eigenvalue weighted by molar-refractivity contribution is 7.89. The summed E-state index contributed by atoms with van der Waals surface area (Å²) in [4.78, 5) is 16.0. The molecular weight excluding hydrogens is 454 g/mol. The topological polar surface area (TPSA) is 99.9 Å². The summed E-state index contributed by atoms with van der Waals surface area (Å²) in [5, 5.41) is 8.26. The number of amides is 1. The molecule has 0 saturated carbocycles. The Morgan fingerprint density at radius 1 is 1.00 bits per heavy atom. The Bertz CT molecular complexity index is 1280. The summed E-state index contributed by atoms with van der Waals surface area (Å²) in [6.45, 7) is 4.99. The third-order valence-electron chi connectivity index (χ3n) is 6.43. The van der Waals surface area contributed by atoms with Crippen LogP contribution in [-0.4, -0.2) is 73.0 Å². The summed E-state index contributed by atoms with van der Waals surface area (Å²) in [5.41, 5.74) is 2.61. The Hall–Kier alpha value is -3.08. The van der Waals surface area contributed by atoms with Crippen LogP contribution in [0.2, 0.25) is 0 Å². The maximum atomic E-state index is 13.2. The Balaban J connectivity index is 1.17. The van der Waals surface area contributed by atoms with Crippen LogP contribution in [-0.2, 0) is 27.7 Å². The molecule has 34 heavy (non-hydrogen) atoms. The van der Waals surface area contributed by atoms with Crippen molar-refractivity contribution < 1.29 is 17.6 Å². The molecule has 0 spiro atoms. The van der Waals surface area contributed by atoms with Gasteiger partial charge in [-0.3, -0.25) is 4.79 Å². The highest BCUT2D eigenvalue weighted by Crippen LogP contribution is 2.31. The van der Waals surface area contributed by atoms with Gasteiger partial charge in [0.2, 0.25) is 27.7 Å². The quantitative estimate of drug-likeness (QED) is 0.532. The number of piperazine rings is 1. The van der Waals surface area contributed by atoms with Crippen molar-refractivity contribution in [3.8, 4) is 11.5 Å². The number of nitrogens with zero attached hydrogens (tertiary/aromatic N) is 5. The monoisotopic (exact) mass is 481 g/mol. The molecule has 1 fully saturated rings. The number of hydrogen-bond donors (Lipinski definition) is 0. The van der Waals surface area contributed by atoms with Crippen LogP contribution in [0, 0.1) is 0 Å². The van der Waals surface area contributed by atoms with Gasteiger partial charge in [0.25, 0.3) is 0 Å². The molecule has 5 rings (SSSR count). The summed E-state index contributed by atoms with van der Waals surface area (Å²) in [7, 11) is -3.58. The number of carbonyl (C=O) groups is 1. The predicted octanol–water partition coefficient (Wildman–Crippen LogP) is 2.19. The molecular formula is C24H27N5O4S. The second kappa shape index (κ2) is 9.28. The third-order valence-corrected chi connectivity index (χ3v) is 8.32. The molecule has 178 valence electrons. The highest BCUT2D eigenvalue weighted by Gasteiger charge is 2.30. The molecule has 3 heterocycles. The van der Waals surface area contributed by atoms with Crippen LogP contribution in [0.3, 0.4) is 0 Å². The fourth-order valence-corrected chi connectivity index (χ4v) is 5.99. The number of hydrogen-bond acceptors (Lipinski definition) is 7. The molecule has 2 aliphatic rings. The molecule has 0 unspecified atom stereocenters. The summed E-state index contributed by atoms with van der Waals surface area (Å²) in [5.74, 6) is 1.06. The lowest BCUT2D eigenvalue weighted by molar-refractivity contribution is -0.116. The van der Waals surface area contributed by atoms with Gasteiger partial charge in [-0.05, 0) is 42.3 Å². The van der Waals surface area contributed by atoms with E-state index in [1.807, 2.05) is 30.3 Å². The van der Waals surface area contributed by atoms with E-state index in [9.17, 15) is 13.2 Å². The Morgan fingerprint density at radius 2 is 1.76 bits per heavy atom. The molecule has 0 bridgehead atoms. The molecule has 2 aliphatic heterocycles. The van der Waals surface area contributed by atoms with Crippen LogP contribution in [0.4, 0.5) is 5.69 Å². The lowest BCUT2D eigenvalue weighted by Crippen LogP contribution is -2.49.